The molecule has 4 aliphatic rings. The van der Waals surface area contributed by atoms with Gasteiger partial charge in [0.2, 0.25) is 0 Å². The van der Waals surface area contributed by atoms with Gasteiger partial charge in [-0.1, -0.05) is 31.9 Å². The van der Waals surface area contributed by atoms with E-state index >= 15 is 0 Å². The normalized spacial score (nSPS) is 42.5. The largest absolute Gasteiger partial charge is 0.464 e. The number of halogens is 2. The lowest BCUT2D eigenvalue weighted by Crippen LogP contribution is -2.78. The van der Waals surface area contributed by atoms with E-state index in [-0.39, 0.29) is 11.9 Å². The monoisotopic (exact) mass is 490 g/mol. The van der Waals surface area contributed by atoms with E-state index < -0.39 is 8.65 Å². The molecule has 0 aromatic carbocycles. The van der Waals surface area contributed by atoms with E-state index in [2.05, 4.69) is 31.9 Å². The van der Waals surface area contributed by atoms with Crippen LogP contribution in [-0.4, -0.2) is 33.8 Å². The summed E-state index contributed by atoms with van der Waals surface area (Å²) in [5.74, 6) is 5.14. The fraction of sp³-hybridized carbons (Fsp3) is 0.900. The van der Waals surface area contributed by atoms with Crippen LogP contribution in [0.4, 0.5) is 0 Å². The Morgan fingerprint density at radius 3 is 1.38 bits per heavy atom. The molecule has 0 aromatic heterocycles. The van der Waals surface area contributed by atoms with Gasteiger partial charge >= 0.3 is 11.9 Å². The summed E-state index contributed by atoms with van der Waals surface area (Å²) in [4.78, 5) is 24.3. The van der Waals surface area contributed by atoms with Gasteiger partial charge in [-0.05, 0) is 76.0 Å². The topological polar surface area (TPSA) is 52.6 Å². The zero-order valence-electron chi connectivity index (χ0n) is 15.8. The molecule has 0 spiro atoms. The Kier molecular flexibility index (Phi) is 4.58. The number of ether oxygens (including phenoxy) is 2. The maximum absolute atomic E-state index is 12.1. The van der Waals surface area contributed by atoms with Crippen molar-refractivity contribution in [3.05, 3.63) is 0 Å². The second-order valence-corrected chi connectivity index (χ2v) is 13.6. The van der Waals surface area contributed by atoms with E-state index in [9.17, 15) is 9.59 Å². The molecule has 0 aromatic rings. The highest BCUT2D eigenvalue weighted by Crippen LogP contribution is 2.79. The van der Waals surface area contributed by atoms with Crippen molar-refractivity contribution < 1.29 is 19.1 Å². The van der Waals surface area contributed by atoms with Crippen LogP contribution in [0, 0.1) is 47.3 Å². The molecule has 0 amide bonds. The molecule has 6 heteroatoms. The molecule has 0 aliphatic heterocycles. The first-order valence-electron chi connectivity index (χ1n) is 9.74. The Bertz CT molecular complexity index is 566. The highest BCUT2D eigenvalue weighted by Gasteiger charge is 2.76. The van der Waals surface area contributed by atoms with E-state index in [4.69, 9.17) is 9.47 Å². The smallest absolute Gasteiger partial charge is 0.322 e. The molecule has 146 valence electrons. The maximum atomic E-state index is 12.1. The van der Waals surface area contributed by atoms with Crippen LogP contribution in [0.15, 0.2) is 0 Å². The van der Waals surface area contributed by atoms with Crippen LogP contribution in [0.3, 0.4) is 0 Å². The van der Waals surface area contributed by atoms with Gasteiger partial charge in [-0.15, -0.1) is 0 Å². The first-order valence-corrected chi connectivity index (χ1v) is 11.3. The van der Waals surface area contributed by atoms with Crippen molar-refractivity contribution in [3.63, 3.8) is 0 Å². The molecule has 4 fully saturated rings. The lowest BCUT2D eigenvalue weighted by Gasteiger charge is -2.81. The SMILES string of the molecule is CC(C)(Br)C(=O)OCC1C(COC(=O)C(C)(C)Br)C2C3C4CCC4C3C12. The van der Waals surface area contributed by atoms with Crippen molar-refractivity contribution >= 4 is 43.8 Å². The highest BCUT2D eigenvalue weighted by molar-refractivity contribution is 9.10. The number of carbonyl (C=O) groups excluding carboxylic acids is 2. The Morgan fingerprint density at radius 2 is 1.12 bits per heavy atom. The minimum absolute atomic E-state index is 0.218. The quantitative estimate of drug-likeness (QED) is 0.413. The molecule has 4 aliphatic carbocycles. The van der Waals surface area contributed by atoms with Gasteiger partial charge in [0.05, 0.1) is 13.2 Å². The maximum Gasteiger partial charge on any atom is 0.322 e. The molecule has 4 nitrogen and oxygen atoms in total. The van der Waals surface area contributed by atoms with E-state index in [1.807, 2.05) is 0 Å². The molecule has 4 saturated carbocycles. The summed E-state index contributed by atoms with van der Waals surface area (Å²) in [6.45, 7) is 8.13. The molecule has 26 heavy (non-hydrogen) atoms. The van der Waals surface area contributed by atoms with Crippen LogP contribution in [0.5, 0.6) is 0 Å². The average molecular weight is 492 g/mol. The van der Waals surface area contributed by atoms with Crippen molar-refractivity contribution in [2.75, 3.05) is 13.2 Å². The summed E-state index contributed by atoms with van der Waals surface area (Å²) < 4.78 is 9.93. The van der Waals surface area contributed by atoms with Gasteiger partial charge in [-0.25, -0.2) is 0 Å². The summed E-state index contributed by atoms with van der Waals surface area (Å²) in [6, 6.07) is 0. The van der Waals surface area contributed by atoms with Gasteiger partial charge in [0.1, 0.15) is 8.65 Å². The summed E-state index contributed by atoms with van der Waals surface area (Å²) in [6.07, 6.45) is 2.76. The second kappa shape index (κ2) is 6.20. The highest BCUT2D eigenvalue weighted by atomic mass is 79.9. The first-order chi connectivity index (χ1) is 12.0. The fourth-order valence-electron chi connectivity index (χ4n) is 6.11. The molecule has 8 unspecified atom stereocenters. The van der Waals surface area contributed by atoms with Crippen LogP contribution < -0.4 is 0 Å². The number of fused-ring (bicyclic) bond motifs is 7. The van der Waals surface area contributed by atoms with Gasteiger partial charge in [0.25, 0.3) is 0 Å². The van der Waals surface area contributed by atoms with E-state index in [1.165, 1.54) is 12.8 Å². The number of rotatable bonds is 6. The molecule has 0 radical (unpaired) electrons. The molecular formula is C20H28Br2O4. The predicted molar refractivity (Wildman–Crippen MR) is 105 cm³/mol. The molecule has 0 saturated heterocycles. The number of hydrogen-bond acceptors (Lipinski definition) is 4. The van der Waals surface area contributed by atoms with Crippen LogP contribution in [-0.2, 0) is 19.1 Å². The van der Waals surface area contributed by atoms with Gasteiger partial charge in [-0.3, -0.25) is 9.59 Å². The van der Waals surface area contributed by atoms with Crippen LogP contribution in [0.2, 0.25) is 0 Å². The number of esters is 2. The third-order valence-electron chi connectivity index (χ3n) is 7.47. The van der Waals surface area contributed by atoms with Gasteiger partial charge in [0, 0.05) is 11.8 Å². The van der Waals surface area contributed by atoms with Crippen molar-refractivity contribution in [3.8, 4) is 0 Å². The summed E-state index contributed by atoms with van der Waals surface area (Å²) in [5, 5.41) is 0. The van der Waals surface area contributed by atoms with E-state index in [0.29, 0.717) is 36.9 Å². The molecule has 0 N–H and O–H groups in total. The van der Waals surface area contributed by atoms with Crippen LogP contribution in [0.25, 0.3) is 0 Å². The Balaban J connectivity index is 1.39. The zero-order valence-corrected chi connectivity index (χ0v) is 19.0. The number of hydrogen-bond donors (Lipinski definition) is 0. The summed E-state index contributed by atoms with van der Waals surface area (Å²) in [5.41, 5.74) is 0. The Morgan fingerprint density at radius 1 is 0.769 bits per heavy atom. The standard InChI is InChI=1S/C20H28Br2O4/c1-19(2,21)17(23)25-7-11-12(8-26-18(24)20(3,4)22)16-14-10-6-5-9(10)13(14)15(11)16/h9-16H,5-8H2,1-4H3. The molecule has 0 bridgehead atoms. The molecular weight excluding hydrogens is 464 g/mol. The van der Waals surface area contributed by atoms with Crippen LogP contribution >= 0.6 is 31.9 Å². The van der Waals surface area contributed by atoms with Crippen molar-refractivity contribution in [1.82, 2.24) is 0 Å². The zero-order chi connectivity index (χ0) is 19.0. The minimum atomic E-state index is -0.657. The van der Waals surface area contributed by atoms with E-state index in [0.717, 1.165) is 23.7 Å². The van der Waals surface area contributed by atoms with Crippen molar-refractivity contribution in [2.24, 2.45) is 47.3 Å². The Hall–Kier alpha value is -0.100. The molecule has 0 heterocycles. The number of carbonyl (C=O) groups is 2. The Labute approximate surface area is 172 Å². The van der Waals surface area contributed by atoms with E-state index in [1.54, 1.807) is 27.7 Å². The average Bonchev–Trinajstić information content (AvgIpc) is 2.47. The first kappa shape index (κ1) is 19.2. The number of alkyl halides is 2. The fourth-order valence-corrected chi connectivity index (χ4v) is 6.34. The third kappa shape index (κ3) is 2.80. The van der Waals surface area contributed by atoms with Crippen LogP contribution in [0.1, 0.15) is 40.5 Å². The van der Waals surface area contributed by atoms with Gasteiger partial charge < -0.3 is 9.47 Å². The minimum Gasteiger partial charge on any atom is -0.464 e. The second-order valence-electron chi connectivity index (χ2n) is 9.68. The lowest BCUT2D eigenvalue weighted by molar-refractivity contribution is -0.345. The predicted octanol–water partition coefficient (Wildman–Crippen LogP) is 4.18. The lowest BCUT2D eigenvalue weighted by atomic mass is 9.24. The molecule has 8 atom stereocenters. The van der Waals surface area contributed by atoms with Crippen molar-refractivity contribution in [2.45, 2.75) is 49.2 Å². The molecule has 4 rings (SSSR count). The van der Waals surface area contributed by atoms with Gasteiger partial charge in [-0.2, -0.15) is 0 Å². The van der Waals surface area contributed by atoms with Crippen molar-refractivity contribution in [1.29, 1.82) is 0 Å². The third-order valence-corrected chi connectivity index (χ3v) is 8.12. The van der Waals surface area contributed by atoms with Gasteiger partial charge in [0.15, 0.2) is 0 Å². The summed E-state index contributed by atoms with van der Waals surface area (Å²) in [7, 11) is 0. The summed E-state index contributed by atoms with van der Waals surface area (Å²) >= 11 is 6.74.